The van der Waals surface area contributed by atoms with Gasteiger partial charge in [-0.15, -0.1) is 12.6 Å². The Morgan fingerprint density at radius 3 is 2.30 bits per heavy atom. The number of thiol groups is 1. The van der Waals surface area contributed by atoms with Gasteiger partial charge >= 0.3 is 0 Å². The highest BCUT2D eigenvalue weighted by atomic mass is 32.1. The number of Topliss-reactive ketones (excluding diaryl/α,β-unsaturated/α-hetero) is 1. The molecule has 1 aliphatic carbocycles. The molecule has 0 spiro atoms. The fourth-order valence-corrected chi connectivity index (χ4v) is 2.86. The van der Waals surface area contributed by atoms with Crippen LogP contribution in [0.5, 0.6) is 0 Å². The maximum atomic E-state index is 11.7. The molecule has 0 bridgehead atoms. The molecular formula is C27H42N2O3S. The average molecular weight is 475 g/mol. The van der Waals surface area contributed by atoms with Crippen LogP contribution in [0.2, 0.25) is 0 Å². The summed E-state index contributed by atoms with van der Waals surface area (Å²) in [6, 6.07) is 10.3. The molecule has 0 heterocycles. The van der Waals surface area contributed by atoms with Crippen LogP contribution in [-0.2, 0) is 14.3 Å². The fourth-order valence-electron chi connectivity index (χ4n) is 2.50. The third kappa shape index (κ3) is 16.8. The Morgan fingerprint density at radius 1 is 1.18 bits per heavy atom. The molecule has 0 saturated heterocycles. The van der Waals surface area contributed by atoms with E-state index >= 15 is 0 Å². The molecule has 0 fully saturated rings. The van der Waals surface area contributed by atoms with Crippen molar-refractivity contribution in [3.8, 4) is 0 Å². The summed E-state index contributed by atoms with van der Waals surface area (Å²) in [6.07, 6.45) is 10.9. The summed E-state index contributed by atoms with van der Waals surface area (Å²) >= 11 is 4.17. The van der Waals surface area contributed by atoms with Crippen LogP contribution in [-0.4, -0.2) is 39.0 Å². The van der Waals surface area contributed by atoms with E-state index in [0.29, 0.717) is 35.4 Å². The minimum atomic E-state index is -0.237. The van der Waals surface area contributed by atoms with Gasteiger partial charge in [0.25, 0.3) is 5.91 Å². The lowest BCUT2D eigenvalue weighted by Gasteiger charge is -2.17. The van der Waals surface area contributed by atoms with E-state index in [-0.39, 0.29) is 11.7 Å². The van der Waals surface area contributed by atoms with Gasteiger partial charge in [-0.3, -0.25) is 9.59 Å². The van der Waals surface area contributed by atoms with E-state index in [1.807, 2.05) is 43.4 Å². The number of aryl methyl sites for hydroxylation is 1. The number of ether oxygens (including phenoxy) is 1. The topological polar surface area (TPSA) is 81.4 Å². The van der Waals surface area contributed by atoms with Crippen molar-refractivity contribution in [1.29, 1.82) is 0 Å². The number of allylic oxidation sites excluding steroid dienone is 3. The van der Waals surface area contributed by atoms with E-state index in [1.165, 1.54) is 12.6 Å². The number of ketones is 1. The number of nitrogens with two attached hydrogens (primary N) is 1. The molecule has 0 aromatic heterocycles. The normalized spacial score (nSPS) is 12.8. The van der Waals surface area contributed by atoms with Gasteiger partial charge in [-0.1, -0.05) is 73.7 Å². The summed E-state index contributed by atoms with van der Waals surface area (Å²) in [5, 5.41) is 2.71. The van der Waals surface area contributed by atoms with E-state index in [2.05, 4.69) is 62.3 Å². The zero-order valence-corrected chi connectivity index (χ0v) is 21.8. The Labute approximate surface area is 206 Å². The lowest BCUT2D eigenvalue weighted by molar-refractivity contribution is -0.117. The zero-order chi connectivity index (χ0) is 25.5. The van der Waals surface area contributed by atoms with Crippen molar-refractivity contribution in [2.45, 2.75) is 46.5 Å². The number of carbonyl (C=O) groups is 2. The number of carbonyl (C=O) groups excluding carboxylic acids is 2. The Kier molecular flexibility index (Phi) is 22.6. The summed E-state index contributed by atoms with van der Waals surface area (Å²) in [6.45, 7) is 11.0. The summed E-state index contributed by atoms with van der Waals surface area (Å²) in [5.74, 6) is -0.240. The van der Waals surface area contributed by atoms with Crippen molar-refractivity contribution in [2.75, 3.05) is 27.3 Å². The van der Waals surface area contributed by atoms with Gasteiger partial charge in [0.15, 0.2) is 5.78 Å². The van der Waals surface area contributed by atoms with Crippen molar-refractivity contribution >= 4 is 24.3 Å². The second kappa shape index (κ2) is 22.8. The molecule has 1 aliphatic rings. The third-order valence-electron chi connectivity index (χ3n) is 4.24. The van der Waals surface area contributed by atoms with Crippen LogP contribution in [0.3, 0.4) is 0 Å². The van der Waals surface area contributed by atoms with Gasteiger partial charge in [0.2, 0.25) is 0 Å². The van der Waals surface area contributed by atoms with E-state index in [9.17, 15) is 9.59 Å². The number of methoxy groups -OCH3 is 1. The first-order valence-electron chi connectivity index (χ1n) is 11.2. The molecule has 5 nitrogen and oxygen atoms in total. The lowest BCUT2D eigenvalue weighted by Crippen LogP contribution is -2.26. The monoisotopic (exact) mass is 474 g/mol. The maximum absolute atomic E-state index is 11.7. The largest absolute Gasteiger partial charge is 0.381 e. The number of benzene rings is 1. The standard InChI is InChI=1S/C13H17NO2S.C7H8.C6H12O.CH5N/c1-3-4-8-14-13(16)9(2)10-6-5-7-11(15)12(10)17;1-7-5-3-2-4-6-7;1-3-4-5-6-7-2;1-2/h3-4,17H,2,5-8H2,1H3,(H,14,16);2-6H,1H3;4-5H,3,6H2,1-2H3;2H2,1H3/b4-3+;;5-4-;. The van der Waals surface area contributed by atoms with Crippen LogP contribution >= 0.6 is 12.6 Å². The minimum absolute atomic E-state index is 0.00279. The average Bonchev–Trinajstić information content (AvgIpc) is 2.83. The molecule has 3 N–H and O–H groups in total. The van der Waals surface area contributed by atoms with Crippen molar-refractivity contribution in [3.05, 3.63) is 82.8 Å². The van der Waals surface area contributed by atoms with Gasteiger partial charge in [-0.05, 0) is 45.7 Å². The SMILES string of the molecule is C=C(C(=O)NC/C=C/C)C1=C(S)C(=O)CCC1.CC/C=C\COC.CN.Cc1ccccc1. The van der Waals surface area contributed by atoms with Gasteiger partial charge in [0, 0.05) is 25.6 Å². The fraction of sp³-hybridized carbons (Fsp3) is 0.407. The van der Waals surface area contributed by atoms with Crippen LogP contribution in [0.1, 0.15) is 45.1 Å². The molecule has 1 aromatic rings. The van der Waals surface area contributed by atoms with E-state index < -0.39 is 0 Å². The Bertz CT molecular complexity index is 769. The highest BCUT2D eigenvalue weighted by Gasteiger charge is 2.22. The minimum Gasteiger partial charge on any atom is -0.381 e. The van der Waals surface area contributed by atoms with Gasteiger partial charge in [-0.2, -0.15) is 0 Å². The van der Waals surface area contributed by atoms with Crippen molar-refractivity contribution < 1.29 is 14.3 Å². The molecule has 0 atom stereocenters. The lowest BCUT2D eigenvalue weighted by atomic mass is 9.93. The first kappa shape index (κ1) is 32.8. The van der Waals surface area contributed by atoms with Crippen LogP contribution in [0.15, 0.2) is 77.3 Å². The Morgan fingerprint density at radius 2 is 1.82 bits per heavy atom. The molecule has 0 radical (unpaired) electrons. The number of amides is 1. The van der Waals surface area contributed by atoms with Crippen LogP contribution in [0.4, 0.5) is 0 Å². The summed E-state index contributed by atoms with van der Waals surface area (Å²) in [7, 11) is 3.19. The van der Waals surface area contributed by atoms with Gasteiger partial charge in [0.05, 0.1) is 11.5 Å². The molecule has 1 aromatic carbocycles. The number of hydrogen-bond donors (Lipinski definition) is 3. The van der Waals surface area contributed by atoms with Gasteiger partial charge < -0.3 is 15.8 Å². The molecule has 6 heteroatoms. The highest BCUT2D eigenvalue weighted by Crippen LogP contribution is 2.29. The summed E-state index contributed by atoms with van der Waals surface area (Å²) in [5.41, 5.74) is 6.86. The maximum Gasteiger partial charge on any atom is 0.251 e. The molecule has 1 amide bonds. The third-order valence-corrected chi connectivity index (χ3v) is 4.76. The highest BCUT2D eigenvalue weighted by molar-refractivity contribution is 7.85. The number of rotatable bonds is 7. The zero-order valence-electron chi connectivity index (χ0n) is 20.9. The molecule has 184 valence electrons. The Hall–Kier alpha value is -2.41. The van der Waals surface area contributed by atoms with E-state index in [1.54, 1.807) is 7.11 Å². The quantitative estimate of drug-likeness (QED) is 0.283. The van der Waals surface area contributed by atoms with Gasteiger partial charge in [0.1, 0.15) is 0 Å². The summed E-state index contributed by atoms with van der Waals surface area (Å²) in [4.78, 5) is 23.6. The van der Waals surface area contributed by atoms with Crippen molar-refractivity contribution in [1.82, 2.24) is 5.32 Å². The number of hydrogen-bond acceptors (Lipinski definition) is 5. The van der Waals surface area contributed by atoms with Crippen molar-refractivity contribution in [2.24, 2.45) is 5.73 Å². The second-order valence-electron chi connectivity index (χ2n) is 6.85. The first-order chi connectivity index (χ1) is 15.9. The van der Waals surface area contributed by atoms with Crippen LogP contribution in [0, 0.1) is 6.92 Å². The Balaban J connectivity index is 0. The molecule has 0 aliphatic heterocycles. The molecule has 0 saturated carbocycles. The predicted molar refractivity (Wildman–Crippen MR) is 144 cm³/mol. The summed E-state index contributed by atoms with van der Waals surface area (Å²) < 4.78 is 4.76. The smallest absolute Gasteiger partial charge is 0.251 e. The molecule has 2 rings (SSSR count). The molecule has 33 heavy (non-hydrogen) atoms. The molecule has 0 unspecified atom stereocenters. The first-order valence-corrected chi connectivity index (χ1v) is 11.6. The van der Waals surface area contributed by atoms with Crippen LogP contribution < -0.4 is 11.1 Å². The van der Waals surface area contributed by atoms with Gasteiger partial charge in [-0.25, -0.2) is 0 Å². The second-order valence-corrected chi connectivity index (χ2v) is 7.30. The predicted octanol–water partition coefficient (Wildman–Crippen LogP) is 5.34. The van der Waals surface area contributed by atoms with E-state index in [0.717, 1.165) is 19.4 Å². The van der Waals surface area contributed by atoms with Crippen LogP contribution in [0.25, 0.3) is 0 Å². The van der Waals surface area contributed by atoms with Crippen molar-refractivity contribution in [3.63, 3.8) is 0 Å². The molecular weight excluding hydrogens is 432 g/mol. The number of nitrogens with one attached hydrogen (secondary N) is 1. The van der Waals surface area contributed by atoms with E-state index in [4.69, 9.17) is 4.74 Å².